The number of rotatable bonds is 6. The van der Waals surface area contributed by atoms with Gasteiger partial charge in [-0.2, -0.15) is 0 Å². The molecule has 0 aliphatic rings. The Morgan fingerprint density at radius 2 is 1.76 bits per heavy atom. The van der Waals surface area contributed by atoms with Crippen LogP contribution in [0.25, 0.3) is 0 Å². The molecule has 21 heavy (non-hydrogen) atoms. The predicted octanol–water partition coefficient (Wildman–Crippen LogP) is 4.75. The molecule has 0 radical (unpaired) electrons. The molecule has 0 aliphatic carbocycles. The Morgan fingerprint density at radius 3 is 2.24 bits per heavy atom. The molecule has 2 nitrogen and oxygen atoms in total. The van der Waals surface area contributed by atoms with Gasteiger partial charge in [0.1, 0.15) is 0 Å². The molecular weight excluding hydrogens is 256 g/mol. The number of nitrogens with zero attached hydrogens (tertiary/aromatic N) is 1. The Balaban J connectivity index is 2.78. The van der Waals surface area contributed by atoms with Gasteiger partial charge in [-0.3, -0.25) is 0 Å². The molecule has 0 saturated heterocycles. The smallest absolute Gasteiger partial charge is 0.0395 e. The van der Waals surface area contributed by atoms with Crippen LogP contribution in [0.2, 0.25) is 0 Å². The summed E-state index contributed by atoms with van der Waals surface area (Å²) in [7, 11) is 2.21. The van der Waals surface area contributed by atoms with Crippen LogP contribution in [-0.2, 0) is 6.54 Å². The van der Waals surface area contributed by atoms with Gasteiger partial charge in [0.25, 0.3) is 0 Å². The fourth-order valence-corrected chi connectivity index (χ4v) is 2.67. The molecule has 1 aromatic carbocycles. The van der Waals surface area contributed by atoms with Crippen molar-refractivity contribution in [2.75, 3.05) is 11.9 Å². The molecule has 0 aliphatic heterocycles. The first-order valence-electron chi connectivity index (χ1n) is 8.17. The fourth-order valence-electron chi connectivity index (χ4n) is 2.67. The topological polar surface area (TPSA) is 15.3 Å². The van der Waals surface area contributed by atoms with Crippen molar-refractivity contribution in [2.24, 2.45) is 5.92 Å². The first kappa shape index (κ1) is 18.0. The predicted molar refractivity (Wildman–Crippen MR) is 95.1 cm³/mol. The van der Waals surface area contributed by atoms with Crippen molar-refractivity contribution in [2.45, 2.75) is 73.0 Å². The Bertz CT molecular complexity index is 443. The van der Waals surface area contributed by atoms with Gasteiger partial charge in [0.05, 0.1) is 0 Å². The summed E-state index contributed by atoms with van der Waals surface area (Å²) in [5.74, 6) is 0.734. The molecule has 0 spiro atoms. The number of nitrogens with one attached hydrogen (secondary N) is 1. The van der Waals surface area contributed by atoms with Crippen molar-refractivity contribution >= 4 is 5.69 Å². The van der Waals surface area contributed by atoms with E-state index in [1.807, 2.05) is 0 Å². The lowest BCUT2D eigenvalue weighted by molar-refractivity contribution is 0.424. The van der Waals surface area contributed by atoms with E-state index < -0.39 is 0 Å². The van der Waals surface area contributed by atoms with Gasteiger partial charge < -0.3 is 10.2 Å². The van der Waals surface area contributed by atoms with Crippen molar-refractivity contribution in [3.8, 4) is 0 Å². The highest BCUT2D eigenvalue weighted by Gasteiger charge is 2.14. The molecule has 0 bridgehead atoms. The summed E-state index contributed by atoms with van der Waals surface area (Å²) >= 11 is 0. The van der Waals surface area contributed by atoms with Crippen molar-refractivity contribution in [3.63, 3.8) is 0 Å². The lowest BCUT2D eigenvalue weighted by atomic mass is 10.0. The molecule has 2 heteroatoms. The monoisotopic (exact) mass is 290 g/mol. The summed E-state index contributed by atoms with van der Waals surface area (Å²) < 4.78 is 0. The van der Waals surface area contributed by atoms with Gasteiger partial charge >= 0.3 is 0 Å². The average molecular weight is 290 g/mol. The third kappa shape index (κ3) is 6.09. The Hall–Kier alpha value is -1.02. The second-order valence-electron chi connectivity index (χ2n) is 7.81. The molecule has 0 amide bonds. The van der Waals surface area contributed by atoms with E-state index in [0.717, 1.165) is 12.5 Å². The zero-order chi connectivity index (χ0) is 16.2. The molecule has 0 aromatic heterocycles. The number of hydrogen-bond acceptors (Lipinski definition) is 2. The maximum absolute atomic E-state index is 3.55. The lowest BCUT2D eigenvalue weighted by Gasteiger charge is -2.30. The summed E-state index contributed by atoms with van der Waals surface area (Å²) in [6.07, 6.45) is 1.23. The summed E-state index contributed by atoms with van der Waals surface area (Å²) in [6.45, 7) is 16.6. The minimum atomic E-state index is 0.162. The highest BCUT2D eigenvalue weighted by Crippen LogP contribution is 2.24. The van der Waals surface area contributed by atoms with E-state index in [1.165, 1.54) is 23.2 Å². The molecular formula is C19H34N2. The van der Waals surface area contributed by atoms with Crippen LogP contribution in [0.15, 0.2) is 18.2 Å². The van der Waals surface area contributed by atoms with E-state index in [1.54, 1.807) is 0 Å². The van der Waals surface area contributed by atoms with Crippen LogP contribution in [-0.4, -0.2) is 18.6 Å². The standard InChI is InChI=1S/C19H34N2/c1-14(2)11-16(4)21(8)18-10-9-17(12-15(18)3)13-20-19(5,6)7/h9-10,12,14,16,20H,11,13H2,1-8H3. The zero-order valence-electron chi connectivity index (χ0n) is 15.2. The second kappa shape index (κ2) is 7.31. The zero-order valence-corrected chi connectivity index (χ0v) is 15.2. The van der Waals surface area contributed by atoms with E-state index >= 15 is 0 Å². The van der Waals surface area contributed by atoms with Crippen molar-refractivity contribution in [3.05, 3.63) is 29.3 Å². The van der Waals surface area contributed by atoms with Crippen LogP contribution in [0.3, 0.4) is 0 Å². The van der Waals surface area contributed by atoms with Crippen LogP contribution < -0.4 is 10.2 Å². The van der Waals surface area contributed by atoms with Gasteiger partial charge in [-0.25, -0.2) is 0 Å². The number of hydrogen-bond donors (Lipinski definition) is 1. The summed E-state index contributed by atoms with van der Waals surface area (Å²) in [5.41, 5.74) is 4.23. The lowest BCUT2D eigenvalue weighted by Crippen LogP contribution is -2.35. The number of anilines is 1. The molecule has 1 rings (SSSR count). The molecule has 0 saturated carbocycles. The third-order valence-electron chi connectivity index (χ3n) is 3.94. The van der Waals surface area contributed by atoms with Gasteiger partial charge in [0.15, 0.2) is 0 Å². The van der Waals surface area contributed by atoms with Crippen LogP contribution in [0.1, 0.15) is 59.1 Å². The van der Waals surface area contributed by atoms with Crippen molar-refractivity contribution in [1.82, 2.24) is 5.32 Å². The molecule has 0 heterocycles. The Labute approximate surface area is 131 Å². The summed E-state index contributed by atoms with van der Waals surface area (Å²) in [6, 6.07) is 7.40. The highest BCUT2D eigenvalue weighted by molar-refractivity contribution is 5.54. The maximum Gasteiger partial charge on any atom is 0.0395 e. The number of benzene rings is 1. The minimum absolute atomic E-state index is 0.162. The quantitative estimate of drug-likeness (QED) is 0.813. The van der Waals surface area contributed by atoms with E-state index in [0.29, 0.717) is 6.04 Å². The van der Waals surface area contributed by atoms with Gasteiger partial charge in [-0.05, 0) is 64.2 Å². The SMILES string of the molecule is Cc1cc(CNC(C)(C)C)ccc1N(C)C(C)CC(C)C. The van der Waals surface area contributed by atoms with Gasteiger partial charge in [0, 0.05) is 30.9 Å². The Kier molecular flexibility index (Phi) is 6.27. The van der Waals surface area contributed by atoms with Gasteiger partial charge in [-0.1, -0.05) is 26.0 Å². The summed E-state index contributed by atoms with van der Waals surface area (Å²) in [5, 5.41) is 3.55. The van der Waals surface area contributed by atoms with Crippen LogP contribution in [0.4, 0.5) is 5.69 Å². The molecule has 0 fully saturated rings. The van der Waals surface area contributed by atoms with Gasteiger partial charge in [-0.15, -0.1) is 0 Å². The van der Waals surface area contributed by atoms with Crippen LogP contribution in [0, 0.1) is 12.8 Å². The van der Waals surface area contributed by atoms with E-state index in [2.05, 4.69) is 83.9 Å². The first-order chi connectivity index (χ1) is 9.60. The van der Waals surface area contributed by atoms with Crippen molar-refractivity contribution in [1.29, 1.82) is 0 Å². The number of aryl methyl sites for hydroxylation is 1. The average Bonchev–Trinajstić information content (AvgIpc) is 2.34. The minimum Gasteiger partial charge on any atom is -0.372 e. The highest BCUT2D eigenvalue weighted by atomic mass is 15.1. The van der Waals surface area contributed by atoms with Gasteiger partial charge in [0.2, 0.25) is 0 Å². The molecule has 1 aromatic rings. The Morgan fingerprint density at radius 1 is 1.14 bits per heavy atom. The molecule has 1 N–H and O–H groups in total. The third-order valence-corrected chi connectivity index (χ3v) is 3.94. The molecule has 120 valence electrons. The molecule has 1 unspecified atom stereocenters. The normalized spacial score (nSPS) is 13.6. The van der Waals surface area contributed by atoms with E-state index in [-0.39, 0.29) is 5.54 Å². The summed E-state index contributed by atoms with van der Waals surface area (Å²) in [4.78, 5) is 2.41. The van der Waals surface area contributed by atoms with E-state index in [9.17, 15) is 0 Å². The van der Waals surface area contributed by atoms with Crippen LogP contribution in [0.5, 0.6) is 0 Å². The largest absolute Gasteiger partial charge is 0.372 e. The maximum atomic E-state index is 3.55. The first-order valence-corrected chi connectivity index (χ1v) is 8.17. The van der Waals surface area contributed by atoms with E-state index in [4.69, 9.17) is 0 Å². The van der Waals surface area contributed by atoms with Crippen LogP contribution >= 0.6 is 0 Å². The van der Waals surface area contributed by atoms with Crippen molar-refractivity contribution < 1.29 is 0 Å². The fraction of sp³-hybridized carbons (Fsp3) is 0.684. The molecule has 1 atom stereocenters. The second-order valence-corrected chi connectivity index (χ2v) is 7.81.